The van der Waals surface area contributed by atoms with Crippen LogP contribution in [0.1, 0.15) is 11.3 Å². The molecule has 0 saturated heterocycles. The summed E-state index contributed by atoms with van der Waals surface area (Å²) in [4.78, 5) is 14.6. The molecule has 88 valence electrons. The van der Waals surface area contributed by atoms with Crippen LogP contribution < -0.4 is 0 Å². The normalized spacial score (nSPS) is 10.5. The van der Waals surface area contributed by atoms with Crippen LogP contribution in [-0.4, -0.2) is 16.1 Å². The molecule has 1 aromatic heterocycles. The summed E-state index contributed by atoms with van der Waals surface area (Å²) in [6.07, 6.45) is 1.18. The fourth-order valence-corrected chi connectivity index (χ4v) is 1.67. The summed E-state index contributed by atoms with van der Waals surface area (Å²) in [6.45, 7) is 1.93. The zero-order valence-electron chi connectivity index (χ0n) is 9.11. The number of nitrogens with zero attached hydrogens (tertiary/aromatic N) is 1. The molecule has 0 unspecified atom stereocenters. The van der Waals surface area contributed by atoms with Crippen LogP contribution in [0, 0.1) is 6.92 Å². The summed E-state index contributed by atoms with van der Waals surface area (Å²) < 4.78 is 5.23. The van der Waals surface area contributed by atoms with E-state index in [1.54, 1.807) is 6.07 Å². The van der Waals surface area contributed by atoms with Gasteiger partial charge in [0.2, 0.25) is 5.89 Å². The van der Waals surface area contributed by atoms with Gasteiger partial charge in [0.15, 0.2) is 0 Å². The largest absolute Gasteiger partial charge is 0.481 e. The van der Waals surface area contributed by atoms with Crippen LogP contribution in [0.2, 0.25) is 5.02 Å². The summed E-state index contributed by atoms with van der Waals surface area (Å²) in [5.74, 6) is -0.602. The molecule has 0 fully saturated rings. The van der Waals surface area contributed by atoms with Crippen LogP contribution in [0.15, 0.2) is 28.9 Å². The number of aliphatic carboxylic acids is 1. The van der Waals surface area contributed by atoms with Gasteiger partial charge >= 0.3 is 5.97 Å². The molecule has 1 N–H and O–H groups in total. The second-order valence-corrected chi connectivity index (χ2v) is 4.11. The molecular formula is C12H10ClNO3. The molecular weight excluding hydrogens is 242 g/mol. The van der Waals surface area contributed by atoms with Crippen molar-refractivity contribution < 1.29 is 14.3 Å². The lowest BCUT2D eigenvalue weighted by Crippen LogP contribution is -1.99. The molecule has 0 aliphatic carbocycles. The van der Waals surface area contributed by atoms with E-state index in [1.165, 1.54) is 6.26 Å². The molecule has 1 aromatic carbocycles. The number of carboxylic acid groups (broad SMARTS) is 1. The van der Waals surface area contributed by atoms with Crippen molar-refractivity contribution in [2.24, 2.45) is 0 Å². The number of carboxylic acids is 1. The third-order valence-electron chi connectivity index (χ3n) is 2.24. The number of halogens is 1. The Bertz CT molecular complexity index is 563. The number of oxazole rings is 1. The van der Waals surface area contributed by atoms with Gasteiger partial charge in [-0.25, -0.2) is 4.98 Å². The molecule has 0 spiro atoms. The summed E-state index contributed by atoms with van der Waals surface area (Å²) in [5.41, 5.74) is 2.08. The molecule has 0 aliphatic heterocycles. The van der Waals surface area contributed by atoms with Crippen molar-refractivity contribution in [2.45, 2.75) is 13.3 Å². The van der Waals surface area contributed by atoms with Crippen molar-refractivity contribution in [1.82, 2.24) is 4.98 Å². The van der Waals surface area contributed by atoms with Crippen LogP contribution in [0.4, 0.5) is 0 Å². The SMILES string of the molecule is Cc1ccc(Cl)c(-c2nc(CC(=O)O)co2)c1. The smallest absolute Gasteiger partial charge is 0.309 e. The lowest BCUT2D eigenvalue weighted by atomic mass is 10.1. The van der Waals surface area contributed by atoms with Gasteiger partial charge in [0.05, 0.1) is 22.7 Å². The molecule has 2 rings (SSSR count). The van der Waals surface area contributed by atoms with Gasteiger partial charge in [0.25, 0.3) is 0 Å². The standard InChI is InChI=1S/C12H10ClNO3/c1-7-2-3-10(13)9(4-7)12-14-8(6-17-12)5-11(15)16/h2-4,6H,5H2,1H3,(H,15,16). The van der Waals surface area contributed by atoms with Crippen LogP contribution in [0.5, 0.6) is 0 Å². The molecule has 5 heteroatoms. The number of benzene rings is 1. The molecule has 0 aliphatic rings. The molecule has 0 bridgehead atoms. The van der Waals surface area contributed by atoms with Crippen LogP contribution in [0.3, 0.4) is 0 Å². The van der Waals surface area contributed by atoms with Crippen molar-refractivity contribution in [2.75, 3.05) is 0 Å². The highest BCUT2D eigenvalue weighted by atomic mass is 35.5. The first-order valence-electron chi connectivity index (χ1n) is 4.99. The van der Waals surface area contributed by atoms with E-state index in [9.17, 15) is 4.79 Å². The Morgan fingerprint density at radius 3 is 3.00 bits per heavy atom. The quantitative estimate of drug-likeness (QED) is 0.911. The predicted molar refractivity (Wildman–Crippen MR) is 63.0 cm³/mol. The minimum atomic E-state index is -0.944. The number of hydrogen-bond acceptors (Lipinski definition) is 3. The van der Waals surface area contributed by atoms with Crippen LogP contribution >= 0.6 is 11.6 Å². The Balaban J connectivity index is 2.36. The first kappa shape index (κ1) is 11.7. The maximum atomic E-state index is 10.5. The Labute approximate surface area is 103 Å². The topological polar surface area (TPSA) is 63.3 Å². The van der Waals surface area contributed by atoms with Gasteiger partial charge < -0.3 is 9.52 Å². The average Bonchev–Trinajstić information content (AvgIpc) is 2.69. The van der Waals surface area contributed by atoms with Crippen molar-refractivity contribution >= 4 is 17.6 Å². The Morgan fingerprint density at radius 2 is 2.29 bits per heavy atom. The summed E-state index contributed by atoms with van der Waals surface area (Å²) in [5, 5.41) is 9.16. The van der Waals surface area contributed by atoms with E-state index >= 15 is 0 Å². The van der Waals surface area contributed by atoms with E-state index in [0.717, 1.165) is 5.56 Å². The highest BCUT2D eigenvalue weighted by Gasteiger charge is 2.12. The number of hydrogen-bond donors (Lipinski definition) is 1. The van der Waals surface area contributed by atoms with Gasteiger partial charge in [0, 0.05) is 0 Å². The Kier molecular flexibility index (Phi) is 3.15. The van der Waals surface area contributed by atoms with E-state index in [-0.39, 0.29) is 6.42 Å². The minimum absolute atomic E-state index is 0.160. The predicted octanol–water partition coefficient (Wildman–Crippen LogP) is 2.93. The first-order chi connectivity index (χ1) is 8.06. The molecule has 0 amide bonds. The van der Waals surface area contributed by atoms with Crippen molar-refractivity contribution in [3.8, 4) is 11.5 Å². The molecule has 17 heavy (non-hydrogen) atoms. The second kappa shape index (κ2) is 4.59. The fraction of sp³-hybridized carbons (Fsp3) is 0.167. The molecule has 0 atom stereocenters. The van der Waals surface area contributed by atoms with Crippen LogP contribution in [0.25, 0.3) is 11.5 Å². The van der Waals surface area contributed by atoms with Gasteiger partial charge in [-0.1, -0.05) is 23.2 Å². The summed E-state index contributed by atoms with van der Waals surface area (Å²) in [6, 6.07) is 5.49. The molecule has 4 nitrogen and oxygen atoms in total. The van der Waals surface area contributed by atoms with Gasteiger partial charge in [-0.3, -0.25) is 4.79 Å². The minimum Gasteiger partial charge on any atom is -0.481 e. The van der Waals surface area contributed by atoms with E-state index in [0.29, 0.717) is 22.2 Å². The third kappa shape index (κ3) is 2.65. The van der Waals surface area contributed by atoms with Crippen molar-refractivity contribution in [1.29, 1.82) is 0 Å². The summed E-state index contributed by atoms with van der Waals surface area (Å²) >= 11 is 6.03. The van der Waals surface area contributed by atoms with E-state index < -0.39 is 5.97 Å². The lowest BCUT2D eigenvalue weighted by Gasteiger charge is -2.00. The maximum Gasteiger partial charge on any atom is 0.309 e. The number of aromatic nitrogens is 1. The fourth-order valence-electron chi connectivity index (χ4n) is 1.47. The first-order valence-corrected chi connectivity index (χ1v) is 5.37. The zero-order chi connectivity index (χ0) is 12.4. The molecule has 1 heterocycles. The number of carbonyl (C=O) groups is 1. The van der Waals surface area contributed by atoms with E-state index in [4.69, 9.17) is 21.1 Å². The van der Waals surface area contributed by atoms with Gasteiger partial charge in [-0.15, -0.1) is 0 Å². The van der Waals surface area contributed by atoms with Gasteiger partial charge in [0.1, 0.15) is 6.26 Å². The summed E-state index contributed by atoms with van der Waals surface area (Å²) in [7, 11) is 0. The number of aryl methyl sites for hydroxylation is 1. The van der Waals surface area contributed by atoms with E-state index in [2.05, 4.69) is 4.98 Å². The second-order valence-electron chi connectivity index (χ2n) is 3.70. The van der Waals surface area contributed by atoms with Crippen LogP contribution in [-0.2, 0) is 11.2 Å². The zero-order valence-corrected chi connectivity index (χ0v) is 9.86. The molecule has 0 saturated carbocycles. The van der Waals surface area contributed by atoms with Gasteiger partial charge in [-0.05, 0) is 19.1 Å². The van der Waals surface area contributed by atoms with Crippen molar-refractivity contribution in [3.63, 3.8) is 0 Å². The molecule has 2 aromatic rings. The Morgan fingerprint density at radius 1 is 1.53 bits per heavy atom. The van der Waals surface area contributed by atoms with E-state index in [1.807, 2.05) is 19.1 Å². The highest BCUT2D eigenvalue weighted by molar-refractivity contribution is 6.33. The third-order valence-corrected chi connectivity index (χ3v) is 2.57. The van der Waals surface area contributed by atoms with Gasteiger partial charge in [-0.2, -0.15) is 0 Å². The number of rotatable bonds is 3. The monoisotopic (exact) mass is 251 g/mol. The highest BCUT2D eigenvalue weighted by Crippen LogP contribution is 2.28. The Hall–Kier alpha value is -1.81. The molecule has 0 radical (unpaired) electrons. The average molecular weight is 252 g/mol. The van der Waals surface area contributed by atoms with Crippen molar-refractivity contribution in [3.05, 3.63) is 40.7 Å². The maximum absolute atomic E-state index is 10.5. The lowest BCUT2D eigenvalue weighted by molar-refractivity contribution is -0.136.